The molecule has 2 N–H and O–H groups in total. The lowest BCUT2D eigenvalue weighted by molar-refractivity contribution is -0.0161. The molecule has 4 atom stereocenters. The summed E-state index contributed by atoms with van der Waals surface area (Å²) in [6.45, 7) is 4.52. The molecule has 1 saturated carbocycles. The highest BCUT2D eigenvalue weighted by Crippen LogP contribution is 2.51. The Kier molecular flexibility index (Phi) is 7.30. The number of nitrogens with one attached hydrogen (secondary N) is 1. The summed E-state index contributed by atoms with van der Waals surface area (Å²) >= 11 is 13.5. The molecule has 8 rings (SSSR count). The molecule has 2 aromatic carbocycles. The number of ether oxygens (including phenoxy) is 2. The molecule has 4 aliphatic heterocycles. The van der Waals surface area contributed by atoms with Crippen molar-refractivity contribution in [3.8, 4) is 22.9 Å². The van der Waals surface area contributed by atoms with E-state index < -0.39 is 5.82 Å². The lowest BCUT2D eigenvalue weighted by Crippen LogP contribution is -2.51. The second kappa shape index (κ2) is 11.2. The Labute approximate surface area is 260 Å². The molecule has 5 fully saturated rings. The fraction of sp³-hybridized carbons (Fsp3) is 0.562. The van der Waals surface area contributed by atoms with E-state index in [1.54, 1.807) is 12.1 Å². The Morgan fingerprint density at radius 3 is 2.44 bits per heavy atom. The number of nitrogens with zero attached hydrogens (tertiary/aromatic N) is 4. The molecular weight excluding hydrogens is 592 g/mol. The molecule has 4 bridgehead atoms. The number of fused-ring (bicyclic) bond motifs is 5. The van der Waals surface area contributed by atoms with Gasteiger partial charge in [-0.3, -0.25) is 4.90 Å². The summed E-state index contributed by atoms with van der Waals surface area (Å²) in [7, 11) is 0. The van der Waals surface area contributed by atoms with E-state index in [4.69, 9.17) is 37.7 Å². The second-order valence-electron chi connectivity index (χ2n) is 12.8. The molecule has 43 heavy (non-hydrogen) atoms. The molecule has 1 aliphatic carbocycles. The van der Waals surface area contributed by atoms with Crippen LogP contribution in [0, 0.1) is 5.82 Å². The SMILES string of the molecule is Oc1cc(Cl)c(C2CC2)c(-c2c(Cl)cc3c(N4CC5CCC(C4)N5)nc(OCCCN4C5CCC4COC5)nc3c2F)c1. The van der Waals surface area contributed by atoms with Gasteiger partial charge in [0.25, 0.3) is 0 Å². The maximum atomic E-state index is 16.8. The number of hydrogen-bond donors (Lipinski definition) is 2. The van der Waals surface area contributed by atoms with Crippen molar-refractivity contribution in [3.63, 3.8) is 0 Å². The van der Waals surface area contributed by atoms with Crippen LogP contribution in [0.4, 0.5) is 10.2 Å². The Hall–Kier alpha value is -2.43. The number of morpholine rings is 1. The first kappa shape index (κ1) is 28.1. The third-order valence-electron chi connectivity index (χ3n) is 9.91. The van der Waals surface area contributed by atoms with Gasteiger partial charge in [-0.2, -0.15) is 9.97 Å². The minimum atomic E-state index is -0.553. The summed E-state index contributed by atoms with van der Waals surface area (Å²) in [6, 6.07) is 6.73. The average molecular weight is 629 g/mol. The summed E-state index contributed by atoms with van der Waals surface area (Å²) < 4.78 is 28.6. The number of anilines is 1. The van der Waals surface area contributed by atoms with Gasteiger partial charge in [0.05, 0.1) is 24.8 Å². The van der Waals surface area contributed by atoms with Gasteiger partial charge >= 0.3 is 6.01 Å². The van der Waals surface area contributed by atoms with E-state index >= 15 is 4.39 Å². The predicted molar refractivity (Wildman–Crippen MR) is 165 cm³/mol. The fourth-order valence-corrected chi connectivity index (χ4v) is 8.43. The van der Waals surface area contributed by atoms with Crippen molar-refractivity contribution in [3.05, 3.63) is 39.6 Å². The second-order valence-corrected chi connectivity index (χ2v) is 13.7. The van der Waals surface area contributed by atoms with E-state index in [0.717, 1.165) is 70.5 Å². The standard InChI is InChI=1S/C32H36Cl2FN5O3/c33-25-11-22(41)10-23(27(25)17-2-3-17)28-26(34)12-24-30(29(28)35)37-32(38-31(24)39-13-18-4-5-19(14-39)36-18)43-9-1-8-40-20-6-7-21(40)16-42-15-20/h10-12,17-21,36,41H,1-9,13-16H2. The molecule has 3 aromatic rings. The van der Waals surface area contributed by atoms with Gasteiger partial charge in [0.2, 0.25) is 0 Å². The van der Waals surface area contributed by atoms with Crippen molar-refractivity contribution in [2.24, 2.45) is 0 Å². The van der Waals surface area contributed by atoms with Crippen LogP contribution in [0.2, 0.25) is 10.0 Å². The van der Waals surface area contributed by atoms with Gasteiger partial charge in [-0.05, 0) is 80.2 Å². The zero-order chi connectivity index (χ0) is 29.2. The number of benzene rings is 2. The van der Waals surface area contributed by atoms with E-state index in [1.807, 2.05) is 0 Å². The van der Waals surface area contributed by atoms with Crippen molar-refractivity contribution in [2.45, 2.75) is 75.0 Å². The van der Waals surface area contributed by atoms with Crippen LogP contribution in [0.15, 0.2) is 18.2 Å². The van der Waals surface area contributed by atoms with E-state index in [9.17, 15) is 5.11 Å². The van der Waals surface area contributed by atoms with Crippen LogP contribution in [0.25, 0.3) is 22.0 Å². The van der Waals surface area contributed by atoms with Crippen LogP contribution < -0.4 is 15.0 Å². The fourth-order valence-electron chi connectivity index (χ4n) is 7.77. The molecule has 4 saturated heterocycles. The monoisotopic (exact) mass is 627 g/mol. The zero-order valence-electron chi connectivity index (χ0n) is 24.0. The Bertz CT molecular complexity index is 1540. The molecule has 0 radical (unpaired) electrons. The van der Waals surface area contributed by atoms with Crippen LogP contribution in [0.5, 0.6) is 11.8 Å². The minimum absolute atomic E-state index is 0.0302. The quantitative estimate of drug-likeness (QED) is 0.299. The van der Waals surface area contributed by atoms with E-state index in [0.29, 0.717) is 52.6 Å². The van der Waals surface area contributed by atoms with Crippen molar-refractivity contribution in [1.82, 2.24) is 20.2 Å². The molecule has 0 amide bonds. The number of phenols is 1. The van der Waals surface area contributed by atoms with Crippen molar-refractivity contribution in [1.29, 1.82) is 0 Å². The number of piperazine rings is 1. The van der Waals surface area contributed by atoms with Crippen LogP contribution in [0.3, 0.4) is 0 Å². The van der Waals surface area contributed by atoms with Crippen LogP contribution >= 0.6 is 23.2 Å². The van der Waals surface area contributed by atoms with E-state index in [2.05, 4.69) is 20.1 Å². The summed E-state index contributed by atoms with van der Waals surface area (Å²) in [5.74, 6) is 0.278. The highest BCUT2D eigenvalue weighted by atomic mass is 35.5. The number of phenolic OH excluding ortho intramolecular Hbond substituents is 1. The van der Waals surface area contributed by atoms with Gasteiger partial charge < -0.3 is 24.8 Å². The Morgan fingerprint density at radius 2 is 1.72 bits per heavy atom. The maximum Gasteiger partial charge on any atom is 0.319 e. The average Bonchev–Trinajstić information content (AvgIpc) is 3.72. The number of hydrogen-bond acceptors (Lipinski definition) is 8. The lowest BCUT2D eigenvalue weighted by atomic mass is 9.94. The zero-order valence-corrected chi connectivity index (χ0v) is 25.5. The molecule has 228 valence electrons. The van der Waals surface area contributed by atoms with Crippen molar-refractivity contribution >= 4 is 39.9 Å². The lowest BCUT2D eigenvalue weighted by Gasteiger charge is -2.34. The molecule has 5 aliphatic rings. The van der Waals surface area contributed by atoms with Gasteiger partial charge in [-0.15, -0.1) is 0 Å². The summed E-state index contributed by atoms with van der Waals surface area (Å²) in [5, 5.41) is 15.3. The molecule has 4 unspecified atom stereocenters. The third kappa shape index (κ3) is 5.21. The molecular formula is C32H36Cl2FN5O3. The third-order valence-corrected chi connectivity index (χ3v) is 10.5. The van der Waals surface area contributed by atoms with Crippen LogP contribution in [-0.2, 0) is 4.74 Å². The summed E-state index contributed by atoms with van der Waals surface area (Å²) in [5.41, 5.74) is 1.70. The van der Waals surface area contributed by atoms with Gasteiger partial charge in [-0.1, -0.05) is 23.2 Å². The largest absolute Gasteiger partial charge is 0.508 e. The van der Waals surface area contributed by atoms with Gasteiger partial charge in [0, 0.05) is 59.8 Å². The number of halogens is 3. The number of aromatic nitrogens is 2. The molecule has 0 spiro atoms. The summed E-state index contributed by atoms with van der Waals surface area (Å²) in [4.78, 5) is 14.3. The smallest absolute Gasteiger partial charge is 0.319 e. The minimum Gasteiger partial charge on any atom is -0.508 e. The van der Waals surface area contributed by atoms with E-state index in [-0.39, 0.29) is 33.8 Å². The first-order chi connectivity index (χ1) is 20.9. The molecule has 5 heterocycles. The summed E-state index contributed by atoms with van der Waals surface area (Å²) in [6.07, 6.45) is 7.34. The first-order valence-electron chi connectivity index (χ1n) is 15.6. The number of rotatable bonds is 8. The molecule has 8 nitrogen and oxygen atoms in total. The van der Waals surface area contributed by atoms with Gasteiger partial charge in [0.1, 0.15) is 17.1 Å². The normalized spacial score (nSPS) is 26.9. The molecule has 11 heteroatoms. The Morgan fingerprint density at radius 1 is 0.977 bits per heavy atom. The van der Waals surface area contributed by atoms with E-state index in [1.165, 1.54) is 18.9 Å². The van der Waals surface area contributed by atoms with Crippen molar-refractivity contribution in [2.75, 3.05) is 44.4 Å². The predicted octanol–water partition coefficient (Wildman–Crippen LogP) is 5.90. The first-order valence-corrected chi connectivity index (χ1v) is 16.4. The topological polar surface area (TPSA) is 83.0 Å². The highest BCUT2D eigenvalue weighted by Gasteiger charge is 2.37. The molecule has 1 aromatic heterocycles. The van der Waals surface area contributed by atoms with Crippen molar-refractivity contribution < 1.29 is 19.0 Å². The van der Waals surface area contributed by atoms with Crippen LogP contribution in [0.1, 0.15) is 56.4 Å². The highest BCUT2D eigenvalue weighted by molar-refractivity contribution is 6.35. The maximum absolute atomic E-state index is 16.8. The number of aromatic hydroxyl groups is 1. The Balaban J connectivity index is 1.16. The van der Waals surface area contributed by atoms with Crippen LogP contribution in [-0.4, -0.2) is 83.6 Å². The van der Waals surface area contributed by atoms with Gasteiger partial charge in [0.15, 0.2) is 5.82 Å². The van der Waals surface area contributed by atoms with Gasteiger partial charge in [-0.25, -0.2) is 4.39 Å².